The van der Waals surface area contributed by atoms with Crippen LogP contribution in [0.1, 0.15) is 41.9 Å². The Morgan fingerprint density at radius 2 is 1.81 bits per heavy atom. The molecule has 0 spiro atoms. The van der Waals surface area contributed by atoms with Crippen LogP contribution >= 0.6 is 23.2 Å². The summed E-state index contributed by atoms with van der Waals surface area (Å²) in [5.41, 5.74) is 0.281. The van der Waals surface area contributed by atoms with E-state index in [0.29, 0.717) is 60.1 Å². The van der Waals surface area contributed by atoms with Gasteiger partial charge in [-0.3, -0.25) is 4.79 Å². The van der Waals surface area contributed by atoms with Gasteiger partial charge >= 0.3 is 6.18 Å². The summed E-state index contributed by atoms with van der Waals surface area (Å²) in [6, 6.07) is 9.82. The van der Waals surface area contributed by atoms with Gasteiger partial charge in [0.05, 0.1) is 27.8 Å². The van der Waals surface area contributed by atoms with Gasteiger partial charge in [0.2, 0.25) is 15.9 Å². The molecule has 12 heteroatoms. The van der Waals surface area contributed by atoms with E-state index in [1.807, 2.05) is 0 Å². The molecule has 3 rings (SSSR count). The van der Waals surface area contributed by atoms with Crippen LogP contribution in [0.4, 0.5) is 13.2 Å². The highest BCUT2D eigenvalue weighted by molar-refractivity contribution is 7.88. The molecule has 1 heterocycles. The minimum absolute atomic E-state index is 0.0170. The molecule has 1 fully saturated rings. The Morgan fingerprint density at radius 3 is 2.41 bits per heavy atom. The average molecular weight is 581 g/mol. The SMILES string of the molecule is CN(Cc1cccc(C(F)(F)F)c1)C(=O)C(CCN1CCC(NS(C)(=O)=O)CC1)c1ccc(Cl)c(Cl)c1. The second kappa shape index (κ2) is 12.3. The largest absolute Gasteiger partial charge is 0.416 e. The molecule has 1 aliphatic rings. The van der Waals surface area contributed by atoms with Crippen molar-refractivity contribution in [3.05, 3.63) is 69.2 Å². The van der Waals surface area contributed by atoms with Gasteiger partial charge in [-0.1, -0.05) is 41.4 Å². The Bertz CT molecular complexity index is 1200. The Hall–Kier alpha value is -1.85. The first-order valence-corrected chi connectivity index (χ1v) is 14.4. The van der Waals surface area contributed by atoms with E-state index in [2.05, 4.69) is 9.62 Å². The van der Waals surface area contributed by atoms with Crippen molar-refractivity contribution in [1.82, 2.24) is 14.5 Å². The summed E-state index contributed by atoms with van der Waals surface area (Å²) >= 11 is 12.3. The summed E-state index contributed by atoms with van der Waals surface area (Å²) in [6.45, 7) is 1.95. The topological polar surface area (TPSA) is 69.7 Å². The first-order chi connectivity index (χ1) is 17.2. The minimum atomic E-state index is -4.47. The number of hydrogen-bond acceptors (Lipinski definition) is 4. The van der Waals surface area contributed by atoms with E-state index in [-0.39, 0.29) is 18.5 Å². The summed E-state index contributed by atoms with van der Waals surface area (Å²) in [6.07, 6.45) is -1.55. The maximum Gasteiger partial charge on any atom is 0.416 e. The van der Waals surface area contributed by atoms with E-state index in [0.717, 1.165) is 18.4 Å². The number of rotatable bonds is 9. The van der Waals surface area contributed by atoms with Gasteiger partial charge in [0.15, 0.2) is 0 Å². The molecule has 0 saturated carbocycles. The van der Waals surface area contributed by atoms with Gasteiger partial charge in [0.25, 0.3) is 0 Å². The van der Waals surface area contributed by atoms with Crippen molar-refractivity contribution in [2.75, 3.05) is 32.9 Å². The number of halogens is 5. The van der Waals surface area contributed by atoms with Crippen molar-refractivity contribution in [2.24, 2.45) is 0 Å². The highest BCUT2D eigenvalue weighted by Crippen LogP contribution is 2.32. The number of alkyl halides is 3. The van der Waals surface area contributed by atoms with Gasteiger partial charge in [-0.25, -0.2) is 13.1 Å². The van der Waals surface area contributed by atoms with Crippen LogP contribution in [0.3, 0.4) is 0 Å². The summed E-state index contributed by atoms with van der Waals surface area (Å²) in [5.74, 6) is -0.832. The van der Waals surface area contributed by atoms with Gasteiger partial charge in [-0.05, 0) is 74.3 Å². The van der Waals surface area contributed by atoms with E-state index in [1.165, 1.54) is 11.0 Å². The van der Waals surface area contributed by atoms with Gasteiger partial charge in [-0.15, -0.1) is 0 Å². The van der Waals surface area contributed by atoms with Crippen LogP contribution in [-0.4, -0.2) is 63.1 Å². The Morgan fingerprint density at radius 1 is 1.14 bits per heavy atom. The molecule has 6 nitrogen and oxygen atoms in total. The number of carbonyl (C=O) groups is 1. The number of nitrogens with zero attached hydrogens (tertiary/aromatic N) is 2. The van der Waals surface area contributed by atoms with Crippen LogP contribution < -0.4 is 4.72 Å². The zero-order valence-corrected chi connectivity index (χ0v) is 22.9. The van der Waals surface area contributed by atoms with Crippen LogP contribution in [0.5, 0.6) is 0 Å². The van der Waals surface area contributed by atoms with Crippen molar-refractivity contribution in [2.45, 2.75) is 43.9 Å². The molecule has 2 aromatic rings. The third-order valence-electron chi connectivity index (χ3n) is 6.40. The first kappa shape index (κ1) is 29.7. The molecule has 1 unspecified atom stereocenters. The maximum absolute atomic E-state index is 13.5. The van der Waals surface area contributed by atoms with Crippen LogP contribution in [0.15, 0.2) is 42.5 Å². The molecule has 0 aliphatic carbocycles. The predicted molar refractivity (Wildman–Crippen MR) is 139 cm³/mol. The fraction of sp³-hybridized carbons (Fsp3) is 0.480. The number of sulfonamides is 1. The number of nitrogens with one attached hydrogen (secondary N) is 1. The van der Waals surface area contributed by atoms with Crippen LogP contribution in [0, 0.1) is 0 Å². The van der Waals surface area contributed by atoms with E-state index in [4.69, 9.17) is 23.2 Å². The molecule has 1 N–H and O–H groups in total. The lowest BCUT2D eigenvalue weighted by atomic mass is 9.93. The van der Waals surface area contributed by atoms with Crippen molar-refractivity contribution >= 4 is 39.1 Å². The molecule has 1 saturated heterocycles. The lowest BCUT2D eigenvalue weighted by Crippen LogP contribution is -2.45. The van der Waals surface area contributed by atoms with E-state index in [9.17, 15) is 26.4 Å². The minimum Gasteiger partial charge on any atom is -0.341 e. The van der Waals surface area contributed by atoms with Crippen LogP contribution in [0.25, 0.3) is 0 Å². The van der Waals surface area contributed by atoms with E-state index in [1.54, 1.807) is 31.3 Å². The lowest BCUT2D eigenvalue weighted by molar-refractivity contribution is -0.137. The second-order valence-electron chi connectivity index (χ2n) is 9.41. The van der Waals surface area contributed by atoms with Crippen LogP contribution in [-0.2, 0) is 27.5 Å². The molecular weight excluding hydrogens is 550 g/mol. The number of benzene rings is 2. The normalized spacial score (nSPS) is 16.5. The quantitative estimate of drug-likeness (QED) is 0.445. The third kappa shape index (κ3) is 8.85. The molecule has 204 valence electrons. The van der Waals surface area contributed by atoms with E-state index >= 15 is 0 Å². The fourth-order valence-electron chi connectivity index (χ4n) is 4.51. The summed E-state index contributed by atoms with van der Waals surface area (Å²) in [7, 11) is -1.71. The molecule has 37 heavy (non-hydrogen) atoms. The summed E-state index contributed by atoms with van der Waals surface area (Å²) in [5, 5.41) is 0.666. The molecule has 1 aliphatic heterocycles. The van der Waals surface area contributed by atoms with E-state index < -0.39 is 27.7 Å². The van der Waals surface area contributed by atoms with Crippen molar-refractivity contribution in [3.63, 3.8) is 0 Å². The fourth-order valence-corrected chi connectivity index (χ4v) is 5.66. The van der Waals surface area contributed by atoms with Gasteiger partial charge in [0.1, 0.15) is 0 Å². The standard InChI is InChI=1S/C25H30Cl2F3N3O3S/c1-32(16-17-4-3-5-19(14-17)25(28,29)30)24(34)21(18-6-7-22(26)23(27)15-18)10-13-33-11-8-20(9-12-33)31-37(2,35)36/h3-7,14-15,20-21,31H,8-13,16H2,1-2H3. The highest BCUT2D eigenvalue weighted by atomic mass is 35.5. The van der Waals surface area contributed by atoms with Crippen LogP contribution in [0.2, 0.25) is 10.0 Å². The van der Waals surface area contributed by atoms with Crippen molar-refractivity contribution < 1.29 is 26.4 Å². The zero-order chi connectivity index (χ0) is 27.4. The Labute approximate surface area is 225 Å². The molecule has 0 aromatic heterocycles. The first-order valence-electron chi connectivity index (χ1n) is 11.8. The third-order valence-corrected chi connectivity index (χ3v) is 7.90. The summed E-state index contributed by atoms with van der Waals surface area (Å²) < 4.78 is 65.0. The average Bonchev–Trinajstić information content (AvgIpc) is 2.81. The molecule has 2 aromatic carbocycles. The molecule has 1 atom stereocenters. The molecular formula is C25H30Cl2F3N3O3S. The zero-order valence-electron chi connectivity index (χ0n) is 20.6. The highest BCUT2D eigenvalue weighted by Gasteiger charge is 2.31. The Kier molecular flexibility index (Phi) is 9.90. The number of likely N-dealkylation sites (N-methyl/N-ethyl adjacent to an activating group) is 1. The number of likely N-dealkylation sites (tertiary alicyclic amines) is 1. The lowest BCUT2D eigenvalue weighted by Gasteiger charge is -2.33. The van der Waals surface area contributed by atoms with Crippen molar-refractivity contribution in [1.29, 1.82) is 0 Å². The van der Waals surface area contributed by atoms with Gasteiger partial charge < -0.3 is 9.80 Å². The molecule has 1 amide bonds. The monoisotopic (exact) mass is 579 g/mol. The maximum atomic E-state index is 13.5. The second-order valence-corrected chi connectivity index (χ2v) is 12.0. The summed E-state index contributed by atoms with van der Waals surface area (Å²) in [4.78, 5) is 17.1. The predicted octanol–water partition coefficient (Wildman–Crippen LogP) is 5.16. The number of carbonyl (C=O) groups excluding carboxylic acids is 1. The van der Waals surface area contributed by atoms with Crippen molar-refractivity contribution in [3.8, 4) is 0 Å². The van der Waals surface area contributed by atoms with Gasteiger partial charge in [-0.2, -0.15) is 13.2 Å². The molecule has 0 radical (unpaired) electrons. The van der Waals surface area contributed by atoms with Gasteiger partial charge in [0, 0.05) is 19.6 Å². The number of hydrogen-bond donors (Lipinski definition) is 1. The number of piperidine rings is 1. The molecule has 0 bridgehead atoms. The smallest absolute Gasteiger partial charge is 0.341 e. The number of amides is 1. The Balaban J connectivity index is 1.72.